The van der Waals surface area contributed by atoms with E-state index in [9.17, 15) is 0 Å². The first-order valence-electron chi connectivity index (χ1n) is 5.49. The number of rotatable bonds is 0. The van der Waals surface area contributed by atoms with Crippen LogP contribution in [0.1, 0.15) is 11.1 Å². The number of hydrogen-bond donors (Lipinski definition) is 0. The summed E-state index contributed by atoms with van der Waals surface area (Å²) in [6.45, 7) is 4.18. The summed E-state index contributed by atoms with van der Waals surface area (Å²) in [6, 6.07) is 24.7. The maximum absolute atomic E-state index is 2.09. The Morgan fingerprint density at radius 3 is 1.06 bits per heavy atom. The summed E-state index contributed by atoms with van der Waals surface area (Å²) in [7, 11) is 0. The molecule has 1 aromatic rings. The highest BCUT2D eigenvalue weighted by Gasteiger charge is 1.71. The molecule has 82 valence electrons. The minimum Gasteiger partial charge on any atom is -0.0623 e. The van der Waals surface area contributed by atoms with Crippen LogP contribution in [0.5, 0.6) is 0 Å². The maximum atomic E-state index is 2.09. The predicted octanol–water partition coefficient (Wildman–Crippen LogP) is 4.55. The van der Waals surface area contributed by atoms with Crippen molar-refractivity contribution in [3.63, 3.8) is 0 Å². The Labute approximate surface area is 98.2 Å². The van der Waals surface area contributed by atoms with Gasteiger partial charge in [0, 0.05) is 0 Å². The summed E-state index contributed by atoms with van der Waals surface area (Å²) in [5, 5.41) is 0. The SMILES string of the molecule is Cc1cccccccc(C)ccccc1. The first kappa shape index (κ1) is 12.3. The molecule has 1 rings (SSSR count). The molecule has 0 bridgehead atoms. The molecule has 0 saturated heterocycles. The lowest BCUT2D eigenvalue weighted by Gasteiger charge is -1.81. The van der Waals surface area contributed by atoms with Crippen LogP contribution in [-0.2, 0) is 0 Å². The van der Waals surface area contributed by atoms with Gasteiger partial charge in [0.2, 0.25) is 0 Å². The van der Waals surface area contributed by atoms with Crippen molar-refractivity contribution in [3.05, 3.63) is 83.9 Å². The molecule has 0 amide bonds. The second-order valence-electron chi connectivity index (χ2n) is 3.69. The second-order valence-corrected chi connectivity index (χ2v) is 3.69. The summed E-state index contributed by atoms with van der Waals surface area (Å²) >= 11 is 0. The van der Waals surface area contributed by atoms with Gasteiger partial charge in [-0.15, -0.1) is 0 Å². The molecule has 0 spiro atoms. The van der Waals surface area contributed by atoms with Gasteiger partial charge in [0.15, 0.2) is 0 Å². The molecule has 0 fully saturated rings. The third-order valence-corrected chi connectivity index (χ3v) is 2.10. The zero-order valence-corrected chi connectivity index (χ0v) is 9.93. The fourth-order valence-corrected chi connectivity index (χ4v) is 1.20. The van der Waals surface area contributed by atoms with Crippen LogP contribution in [0.25, 0.3) is 0 Å². The Kier molecular flexibility index (Phi) is 5.72. The molecule has 0 aromatic heterocycles. The van der Waals surface area contributed by atoms with E-state index in [0.717, 1.165) is 0 Å². The van der Waals surface area contributed by atoms with E-state index in [0.29, 0.717) is 0 Å². The number of hydrogen-bond acceptors (Lipinski definition) is 0. The molecule has 0 radical (unpaired) electrons. The van der Waals surface area contributed by atoms with Crippen molar-refractivity contribution in [1.82, 2.24) is 0 Å². The van der Waals surface area contributed by atoms with Gasteiger partial charge in [-0.05, 0) is 13.8 Å². The molecular formula is C16H18. The van der Waals surface area contributed by atoms with Crippen molar-refractivity contribution in [1.29, 1.82) is 0 Å². The molecule has 0 heteroatoms. The lowest BCUT2D eigenvalue weighted by molar-refractivity contribution is 1.48. The van der Waals surface area contributed by atoms with Crippen LogP contribution in [0.2, 0.25) is 0 Å². The molecule has 0 saturated carbocycles. The van der Waals surface area contributed by atoms with Crippen LogP contribution in [-0.4, -0.2) is 0 Å². The third kappa shape index (κ3) is 5.82. The van der Waals surface area contributed by atoms with Crippen molar-refractivity contribution < 1.29 is 0 Å². The Balaban J connectivity index is 3.20. The van der Waals surface area contributed by atoms with Gasteiger partial charge in [0.05, 0.1) is 0 Å². The minimum absolute atomic E-state index is 1.24. The molecule has 0 N–H and O–H groups in total. The summed E-state index contributed by atoms with van der Waals surface area (Å²) in [4.78, 5) is 0. The first-order valence-corrected chi connectivity index (χ1v) is 5.49. The van der Waals surface area contributed by atoms with Crippen molar-refractivity contribution in [2.75, 3.05) is 0 Å². The zero-order chi connectivity index (χ0) is 11.6. The van der Waals surface area contributed by atoms with E-state index in [1.165, 1.54) is 11.1 Å². The van der Waals surface area contributed by atoms with E-state index in [4.69, 9.17) is 0 Å². The highest BCUT2D eigenvalue weighted by molar-refractivity contribution is 5.11. The maximum Gasteiger partial charge on any atom is -0.0398 e. The van der Waals surface area contributed by atoms with E-state index in [1.807, 2.05) is 36.4 Å². The number of aryl methyl sites for hydroxylation is 2. The fraction of sp³-hybridized carbons (Fsp3) is 0.125. The smallest absolute Gasteiger partial charge is 0.0398 e. The van der Waals surface area contributed by atoms with Gasteiger partial charge in [0.1, 0.15) is 0 Å². The Bertz CT molecular complexity index is 392. The topological polar surface area (TPSA) is 0 Å². The van der Waals surface area contributed by atoms with E-state index in [1.54, 1.807) is 0 Å². The highest BCUT2D eigenvalue weighted by atomic mass is 13.8. The molecule has 0 aliphatic rings. The molecule has 0 aliphatic heterocycles. The summed E-state index contributed by atoms with van der Waals surface area (Å²) in [5.41, 5.74) is 2.48. The van der Waals surface area contributed by atoms with Crippen LogP contribution in [0, 0.1) is 13.8 Å². The largest absolute Gasteiger partial charge is 0.0623 e. The lowest BCUT2D eigenvalue weighted by atomic mass is 10.3. The minimum atomic E-state index is 1.24. The van der Waals surface area contributed by atoms with E-state index >= 15 is 0 Å². The van der Waals surface area contributed by atoms with E-state index < -0.39 is 0 Å². The summed E-state index contributed by atoms with van der Waals surface area (Å²) < 4.78 is 0. The Morgan fingerprint density at radius 2 is 0.688 bits per heavy atom. The zero-order valence-electron chi connectivity index (χ0n) is 9.93. The Hall–Kier alpha value is -1.82. The molecular weight excluding hydrogens is 192 g/mol. The molecule has 0 heterocycles. The monoisotopic (exact) mass is 210 g/mol. The van der Waals surface area contributed by atoms with Gasteiger partial charge in [-0.25, -0.2) is 0 Å². The fourth-order valence-electron chi connectivity index (χ4n) is 1.20. The second kappa shape index (κ2) is 7.47. The quantitative estimate of drug-likeness (QED) is 0.589. The van der Waals surface area contributed by atoms with Gasteiger partial charge >= 0.3 is 0 Å². The summed E-state index contributed by atoms with van der Waals surface area (Å²) in [6.07, 6.45) is 0. The highest BCUT2D eigenvalue weighted by Crippen LogP contribution is 1.92. The molecule has 0 aliphatic carbocycles. The van der Waals surface area contributed by atoms with Crippen molar-refractivity contribution in [2.45, 2.75) is 13.8 Å². The molecule has 1 aromatic carbocycles. The van der Waals surface area contributed by atoms with Gasteiger partial charge in [-0.2, -0.15) is 0 Å². The lowest BCUT2D eigenvalue weighted by Crippen LogP contribution is -1.61. The predicted molar refractivity (Wildman–Crippen MR) is 71.2 cm³/mol. The van der Waals surface area contributed by atoms with Gasteiger partial charge in [-0.3, -0.25) is 0 Å². The third-order valence-electron chi connectivity index (χ3n) is 2.10. The van der Waals surface area contributed by atoms with Crippen LogP contribution in [0.3, 0.4) is 0 Å². The molecule has 0 atom stereocenters. The van der Waals surface area contributed by atoms with Gasteiger partial charge < -0.3 is 0 Å². The van der Waals surface area contributed by atoms with Crippen molar-refractivity contribution in [2.24, 2.45) is 0 Å². The average molecular weight is 210 g/mol. The summed E-state index contributed by atoms with van der Waals surface area (Å²) in [5.74, 6) is 0. The molecule has 0 unspecified atom stereocenters. The van der Waals surface area contributed by atoms with E-state index in [2.05, 4.69) is 50.2 Å². The van der Waals surface area contributed by atoms with Crippen LogP contribution < -0.4 is 0 Å². The van der Waals surface area contributed by atoms with Crippen molar-refractivity contribution in [3.8, 4) is 0 Å². The van der Waals surface area contributed by atoms with Gasteiger partial charge in [0.25, 0.3) is 0 Å². The molecule has 0 nitrogen and oxygen atoms in total. The van der Waals surface area contributed by atoms with Crippen molar-refractivity contribution >= 4 is 0 Å². The average Bonchev–Trinajstić information content (AvgIpc) is 2.26. The normalized spacial score (nSPS) is 8.62. The van der Waals surface area contributed by atoms with Crippen LogP contribution in [0.4, 0.5) is 0 Å². The standard InChI is InChI=1S/C16H18/c1-15-11-7-4-3-5-8-12-16(2)14-10-6-9-13-15/h3-14H,1-2H3. The molecule has 16 heavy (non-hydrogen) atoms. The van der Waals surface area contributed by atoms with Gasteiger partial charge in [-0.1, -0.05) is 83.9 Å². The van der Waals surface area contributed by atoms with Crippen LogP contribution >= 0.6 is 0 Å². The Morgan fingerprint density at radius 1 is 0.438 bits per heavy atom. The van der Waals surface area contributed by atoms with Crippen LogP contribution in [0.15, 0.2) is 72.8 Å². The van der Waals surface area contributed by atoms with E-state index in [-0.39, 0.29) is 0 Å². The first-order chi connectivity index (χ1) is 7.79.